The van der Waals surface area contributed by atoms with Gasteiger partial charge in [-0.1, -0.05) is 30.7 Å². The van der Waals surface area contributed by atoms with Gasteiger partial charge in [0.25, 0.3) is 0 Å². The summed E-state index contributed by atoms with van der Waals surface area (Å²) in [7, 11) is 0. The Balaban J connectivity index is 1.30. The van der Waals surface area contributed by atoms with E-state index in [1.165, 1.54) is 24.0 Å². The Labute approximate surface area is 205 Å². The number of amides is 1. The fourth-order valence-electron chi connectivity index (χ4n) is 6.43. The number of hydrogen-bond donors (Lipinski definition) is 1. The Morgan fingerprint density at radius 1 is 1.21 bits per heavy atom. The molecule has 8 heteroatoms. The number of carbonyl (C=O) groups excluding carboxylic acids is 1. The minimum absolute atomic E-state index is 0.164. The third-order valence-corrected chi connectivity index (χ3v) is 8.33. The number of rotatable bonds is 4. The van der Waals surface area contributed by atoms with Gasteiger partial charge in [0, 0.05) is 67.8 Å². The van der Waals surface area contributed by atoms with Crippen LogP contribution in [0.2, 0.25) is 5.15 Å². The second-order valence-corrected chi connectivity index (χ2v) is 10.6. The molecule has 6 rings (SSSR count). The second-order valence-electron chi connectivity index (χ2n) is 10.2. The molecule has 1 amide bonds. The summed E-state index contributed by atoms with van der Waals surface area (Å²) < 4.78 is 0. The van der Waals surface area contributed by atoms with E-state index >= 15 is 0 Å². The van der Waals surface area contributed by atoms with E-state index in [9.17, 15) is 4.79 Å². The molecule has 2 bridgehead atoms. The van der Waals surface area contributed by atoms with Crippen molar-refractivity contribution in [2.24, 2.45) is 11.8 Å². The van der Waals surface area contributed by atoms with Crippen LogP contribution in [0, 0.1) is 11.8 Å². The number of carbonyl (C=O) groups is 1. The van der Waals surface area contributed by atoms with Crippen LogP contribution < -0.4 is 15.1 Å². The molecular weight excluding hydrogens is 448 g/mol. The Bertz CT molecular complexity index is 1150. The van der Waals surface area contributed by atoms with Crippen molar-refractivity contribution in [2.75, 3.05) is 22.9 Å². The highest BCUT2D eigenvalue weighted by Crippen LogP contribution is 2.41. The third-order valence-electron chi connectivity index (χ3n) is 8.13. The molecule has 1 saturated carbocycles. The molecule has 1 N–H and O–H groups in total. The lowest BCUT2D eigenvalue weighted by atomic mass is 9.91. The van der Waals surface area contributed by atoms with E-state index in [1.807, 2.05) is 13.0 Å². The van der Waals surface area contributed by atoms with Crippen LogP contribution in [0.15, 0.2) is 18.5 Å². The zero-order valence-electron chi connectivity index (χ0n) is 19.8. The fraction of sp³-hybridized carbons (Fsp3) is 0.538. The van der Waals surface area contributed by atoms with Crippen molar-refractivity contribution in [1.29, 1.82) is 0 Å². The SMILES string of the molecule is CCC(=O)NC1C2CCC1CN(c1ncnc3c1CN(c1cc(Cl)nc4c1C=CC4)[C@H](C)C3)C2. The first-order valence-electron chi connectivity index (χ1n) is 12.5. The summed E-state index contributed by atoms with van der Waals surface area (Å²) in [5.74, 6) is 2.18. The van der Waals surface area contributed by atoms with Crippen LogP contribution in [0.25, 0.3) is 6.08 Å². The summed E-state index contributed by atoms with van der Waals surface area (Å²) in [6.07, 6.45) is 10.7. The minimum Gasteiger partial charge on any atom is -0.363 e. The smallest absolute Gasteiger partial charge is 0.219 e. The summed E-state index contributed by atoms with van der Waals surface area (Å²) in [6, 6.07) is 2.60. The van der Waals surface area contributed by atoms with Gasteiger partial charge in [0.2, 0.25) is 5.91 Å². The van der Waals surface area contributed by atoms with Gasteiger partial charge < -0.3 is 15.1 Å². The van der Waals surface area contributed by atoms with Crippen molar-refractivity contribution >= 4 is 35.1 Å². The Hall–Kier alpha value is -2.67. The maximum Gasteiger partial charge on any atom is 0.219 e. The summed E-state index contributed by atoms with van der Waals surface area (Å²) in [6.45, 7) is 6.81. The van der Waals surface area contributed by atoms with Gasteiger partial charge in [0.05, 0.1) is 11.4 Å². The van der Waals surface area contributed by atoms with Crippen molar-refractivity contribution in [3.8, 4) is 0 Å². The zero-order valence-corrected chi connectivity index (χ0v) is 20.6. The lowest BCUT2D eigenvalue weighted by Crippen LogP contribution is -2.53. The monoisotopic (exact) mass is 478 g/mol. The molecule has 4 heterocycles. The molecule has 34 heavy (non-hydrogen) atoms. The first-order chi connectivity index (χ1) is 16.5. The van der Waals surface area contributed by atoms with Gasteiger partial charge in [-0.15, -0.1) is 0 Å². The molecular formula is C26H31ClN6O. The van der Waals surface area contributed by atoms with Crippen molar-refractivity contribution in [3.63, 3.8) is 0 Å². The number of nitrogens with zero attached hydrogens (tertiary/aromatic N) is 5. The molecule has 0 aromatic carbocycles. The molecule has 2 aromatic rings. The maximum atomic E-state index is 12.1. The molecule has 2 aliphatic heterocycles. The third kappa shape index (κ3) is 3.65. The van der Waals surface area contributed by atoms with Crippen LogP contribution in [0.4, 0.5) is 11.5 Å². The number of halogens is 1. The number of allylic oxidation sites excluding steroid dienone is 1. The van der Waals surface area contributed by atoms with E-state index in [0.29, 0.717) is 35.5 Å². The number of aromatic nitrogens is 3. The van der Waals surface area contributed by atoms with Crippen molar-refractivity contribution in [3.05, 3.63) is 46.1 Å². The standard InChI is InChI=1S/C26H31ClN6O/c1-3-24(34)31-25-16-7-8-17(25)12-32(11-16)26-19-13-33(15(2)9-21(19)28-14-29-26)22-10-23(27)30-20-6-4-5-18(20)22/h4-5,10,14-17,25H,3,6-9,11-13H2,1-2H3,(H,31,34)/t15-,16?,17?,25?/m1/s1. The summed E-state index contributed by atoms with van der Waals surface area (Å²) in [4.78, 5) is 31.0. The number of hydrogen-bond acceptors (Lipinski definition) is 6. The van der Waals surface area contributed by atoms with Gasteiger partial charge in [-0.25, -0.2) is 15.0 Å². The lowest BCUT2D eigenvalue weighted by molar-refractivity contribution is -0.122. The van der Waals surface area contributed by atoms with Gasteiger partial charge in [-0.2, -0.15) is 0 Å². The van der Waals surface area contributed by atoms with Gasteiger partial charge >= 0.3 is 0 Å². The van der Waals surface area contributed by atoms with Crippen LogP contribution in [-0.4, -0.2) is 46.0 Å². The zero-order chi connectivity index (χ0) is 23.4. The predicted octanol–water partition coefficient (Wildman–Crippen LogP) is 3.79. The number of nitrogens with one attached hydrogen (secondary N) is 1. The molecule has 2 unspecified atom stereocenters. The predicted molar refractivity (Wildman–Crippen MR) is 134 cm³/mol. The van der Waals surface area contributed by atoms with Crippen LogP contribution in [0.3, 0.4) is 0 Å². The summed E-state index contributed by atoms with van der Waals surface area (Å²) in [5, 5.41) is 3.85. The lowest BCUT2D eigenvalue weighted by Gasteiger charge is -2.42. The molecule has 1 saturated heterocycles. The minimum atomic E-state index is 0.164. The molecule has 0 radical (unpaired) electrons. The molecule has 4 aliphatic rings. The topological polar surface area (TPSA) is 74.2 Å². The van der Waals surface area contributed by atoms with Gasteiger partial charge in [-0.3, -0.25) is 4.79 Å². The van der Waals surface area contributed by atoms with Crippen LogP contribution >= 0.6 is 11.6 Å². The van der Waals surface area contributed by atoms with Crippen LogP contribution in [0.1, 0.15) is 55.6 Å². The van der Waals surface area contributed by atoms with E-state index in [-0.39, 0.29) is 5.91 Å². The maximum absolute atomic E-state index is 12.1. The Morgan fingerprint density at radius 2 is 2.00 bits per heavy atom. The summed E-state index contributed by atoms with van der Waals surface area (Å²) >= 11 is 6.42. The highest BCUT2D eigenvalue weighted by molar-refractivity contribution is 6.29. The van der Waals surface area contributed by atoms with E-state index in [2.05, 4.69) is 44.2 Å². The van der Waals surface area contributed by atoms with Gasteiger partial charge in [0.15, 0.2) is 0 Å². The highest BCUT2D eigenvalue weighted by atomic mass is 35.5. The quantitative estimate of drug-likeness (QED) is 0.674. The Kier molecular flexibility index (Phi) is 5.47. The molecule has 7 nitrogen and oxygen atoms in total. The number of pyridine rings is 1. The largest absolute Gasteiger partial charge is 0.363 e. The van der Waals surface area contributed by atoms with E-state index < -0.39 is 0 Å². The molecule has 2 aromatic heterocycles. The normalized spacial score (nSPS) is 27.0. The van der Waals surface area contributed by atoms with E-state index in [0.717, 1.165) is 55.4 Å². The van der Waals surface area contributed by atoms with Crippen LogP contribution in [-0.2, 0) is 24.2 Å². The average molecular weight is 479 g/mol. The van der Waals surface area contributed by atoms with Crippen molar-refractivity contribution in [2.45, 2.75) is 64.6 Å². The molecule has 0 spiro atoms. The van der Waals surface area contributed by atoms with Gasteiger partial charge in [0.1, 0.15) is 17.3 Å². The van der Waals surface area contributed by atoms with Crippen molar-refractivity contribution in [1.82, 2.24) is 20.3 Å². The van der Waals surface area contributed by atoms with E-state index in [4.69, 9.17) is 16.6 Å². The highest BCUT2D eigenvalue weighted by Gasteiger charge is 2.44. The van der Waals surface area contributed by atoms with E-state index in [1.54, 1.807) is 6.33 Å². The van der Waals surface area contributed by atoms with Gasteiger partial charge in [-0.05, 0) is 37.7 Å². The molecule has 3 atom stereocenters. The number of piperidine rings is 1. The van der Waals surface area contributed by atoms with Crippen LogP contribution in [0.5, 0.6) is 0 Å². The fourth-order valence-corrected chi connectivity index (χ4v) is 6.63. The first kappa shape index (κ1) is 21.8. The first-order valence-corrected chi connectivity index (χ1v) is 12.9. The second kappa shape index (κ2) is 8.52. The number of fused-ring (bicyclic) bond motifs is 4. The molecule has 178 valence electrons. The molecule has 2 aliphatic carbocycles. The number of anilines is 2. The van der Waals surface area contributed by atoms with Crippen molar-refractivity contribution < 1.29 is 4.79 Å². The Morgan fingerprint density at radius 3 is 2.76 bits per heavy atom. The average Bonchev–Trinajstić information content (AvgIpc) is 3.38. The summed E-state index contributed by atoms with van der Waals surface area (Å²) in [5.41, 5.74) is 5.76. The molecule has 2 fully saturated rings.